The van der Waals surface area contributed by atoms with Crippen molar-refractivity contribution >= 4 is 23.1 Å². The molecule has 1 fully saturated rings. The van der Waals surface area contributed by atoms with Gasteiger partial charge in [-0.25, -0.2) is 0 Å². The third kappa shape index (κ3) is 3.51. The number of aromatic nitrogens is 1. The van der Waals surface area contributed by atoms with E-state index in [9.17, 15) is 14.7 Å². The molecule has 1 unspecified atom stereocenters. The highest BCUT2D eigenvalue weighted by atomic mass is 16.6. The van der Waals surface area contributed by atoms with Crippen molar-refractivity contribution in [1.82, 2.24) is 4.98 Å². The molecular formula is C26H22N2O5. The van der Waals surface area contributed by atoms with Crippen LogP contribution in [0.5, 0.6) is 11.5 Å². The maximum atomic E-state index is 13.2. The van der Waals surface area contributed by atoms with Gasteiger partial charge >= 0.3 is 0 Å². The van der Waals surface area contributed by atoms with Crippen molar-refractivity contribution in [1.29, 1.82) is 0 Å². The topological polar surface area (TPSA) is 89.0 Å². The monoisotopic (exact) mass is 442 g/mol. The van der Waals surface area contributed by atoms with Gasteiger partial charge in [-0.2, -0.15) is 0 Å². The lowest BCUT2D eigenvalue weighted by molar-refractivity contribution is -0.132. The zero-order valence-corrected chi connectivity index (χ0v) is 18.2. The standard InChI is InChI=1S/C26H22N2O5/c1-15-6-8-18(13-16(15)2)28-23(19-5-3-4-10-27-19)22(25(30)26(28)31)24(29)17-7-9-20-21(14-17)33-12-11-32-20/h3-10,13-14,23,29H,11-12H2,1-2H3/b24-22-. The molecule has 0 aliphatic carbocycles. The minimum absolute atomic E-state index is 0.0198. The smallest absolute Gasteiger partial charge is 0.300 e. The summed E-state index contributed by atoms with van der Waals surface area (Å²) in [4.78, 5) is 32.3. The number of nitrogens with zero attached hydrogens (tertiary/aromatic N) is 2. The van der Waals surface area contributed by atoms with Gasteiger partial charge in [0.05, 0.1) is 11.3 Å². The van der Waals surface area contributed by atoms with E-state index in [0.717, 1.165) is 11.1 Å². The van der Waals surface area contributed by atoms with Crippen molar-refractivity contribution in [3.05, 3.63) is 88.8 Å². The molecule has 1 amide bonds. The third-order valence-electron chi connectivity index (χ3n) is 6.00. The first-order valence-electron chi connectivity index (χ1n) is 10.6. The molecule has 2 aliphatic rings. The van der Waals surface area contributed by atoms with E-state index in [1.807, 2.05) is 26.0 Å². The maximum absolute atomic E-state index is 13.2. The number of rotatable bonds is 3. The number of anilines is 1. The van der Waals surface area contributed by atoms with Crippen LogP contribution in [0, 0.1) is 13.8 Å². The second-order valence-electron chi connectivity index (χ2n) is 8.05. The van der Waals surface area contributed by atoms with Gasteiger partial charge < -0.3 is 14.6 Å². The van der Waals surface area contributed by atoms with Gasteiger partial charge in [0, 0.05) is 17.4 Å². The molecule has 0 spiro atoms. The number of hydrogen-bond acceptors (Lipinski definition) is 6. The van der Waals surface area contributed by atoms with Crippen LogP contribution in [0.1, 0.15) is 28.4 Å². The van der Waals surface area contributed by atoms with Crippen LogP contribution in [-0.2, 0) is 9.59 Å². The molecular weight excluding hydrogens is 420 g/mol. The van der Waals surface area contributed by atoms with E-state index in [1.54, 1.807) is 48.7 Å². The maximum Gasteiger partial charge on any atom is 0.300 e. The number of fused-ring (bicyclic) bond motifs is 1. The van der Waals surface area contributed by atoms with E-state index in [1.165, 1.54) is 4.90 Å². The molecule has 0 saturated carbocycles. The SMILES string of the molecule is Cc1ccc(N2C(=O)C(=O)/C(=C(\O)c3ccc4c(c3)OCCO4)C2c2ccccn2)cc1C. The third-order valence-corrected chi connectivity index (χ3v) is 6.00. The van der Waals surface area contributed by atoms with E-state index < -0.39 is 17.7 Å². The molecule has 5 rings (SSSR count). The number of amides is 1. The Balaban J connectivity index is 1.69. The minimum Gasteiger partial charge on any atom is -0.507 e. The molecule has 7 heteroatoms. The van der Waals surface area contributed by atoms with Crippen molar-refractivity contribution in [2.24, 2.45) is 0 Å². The Morgan fingerprint density at radius 2 is 1.76 bits per heavy atom. The Labute approximate surface area is 190 Å². The van der Waals surface area contributed by atoms with E-state index >= 15 is 0 Å². The number of hydrogen-bond donors (Lipinski definition) is 1. The largest absolute Gasteiger partial charge is 0.507 e. The summed E-state index contributed by atoms with van der Waals surface area (Å²) >= 11 is 0. The fourth-order valence-electron chi connectivity index (χ4n) is 4.14. The zero-order valence-electron chi connectivity index (χ0n) is 18.2. The molecule has 1 aromatic heterocycles. The lowest BCUT2D eigenvalue weighted by Gasteiger charge is -2.25. The van der Waals surface area contributed by atoms with Gasteiger partial charge in [-0.1, -0.05) is 12.1 Å². The van der Waals surface area contributed by atoms with Crippen molar-refractivity contribution in [3.63, 3.8) is 0 Å². The van der Waals surface area contributed by atoms with Gasteiger partial charge in [0.25, 0.3) is 11.7 Å². The lowest BCUT2D eigenvalue weighted by Crippen LogP contribution is -2.29. The highest BCUT2D eigenvalue weighted by Crippen LogP contribution is 2.42. The quantitative estimate of drug-likeness (QED) is 0.373. The number of pyridine rings is 1. The normalized spacial score (nSPS) is 19.1. The average Bonchev–Trinajstić information content (AvgIpc) is 3.11. The Kier molecular flexibility index (Phi) is 5.09. The van der Waals surface area contributed by atoms with E-state index in [4.69, 9.17) is 9.47 Å². The first kappa shape index (κ1) is 20.8. The second-order valence-corrected chi connectivity index (χ2v) is 8.05. The number of carbonyl (C=O) groups excluding carboxylic acids is 2. The Hall–Kier alpha value is -4.13. The number of Topliss-reactive ketones (excluding diaryl/α,β-unsaturated/α-hetero) is 1. The summed E-state index contributed by atoms with van der Waals surface area (Å²) in [6, 6.07) is 14.9. The molecule has 0 bridgehead atoms. The molecule has 1 saturated heterocycles. The highest BCUT2D eigenvalue weighted by Gasteiger charge is 2.47. The van der Waals surface area contributed by atoms with Gasteiger partial charge in [0.15, 0.2) is 11.5 Å². The Morgan fingerprint density at radius 1 is 0.970 bits per heavy atom. The van der Waals surface area contributed by atoms with Crippen LogP contribution in [0.15, 0.2) is 66.4 Å². The fraction of sp³-hybridized carbons (Fsp3) is 0.192. The second kappa shape index (κ2) is 8.09. The molecule has 0 radical (unpaired) electrons. The van der Waals surface area contributed by atoms with Gasteiger partial charge in [0.1, 0.15) is 25.0 Å². The van der Waals surface area contributed by atoms with Crippen LogP contribution < -0.4 is 14.4 Å². The molecule has 2 aliphatic heterocycles. The molecule has 3 heterocycles. The fourth-order valence-corrected chi connectivity index (χ4v) is 4.14. The molecule has 166 valence electrons. The van der Waals surface area contributed by atoms with Gasteiger partial charge in [-0.3, -0.25) is 19.5 Å². The number of aryl methyl sites for hydroxylation is 2. The summed E-state index contributed by atoms with van der Waals surface area (Å²) in [5, 5.41) is 11.3. The summed E-state index contributed by atoms with van der Waals surface area (Å²) in [5.41, 5.74) is 3.44. The molecule has 33 heavy (non-hydrogen) atoms. The number of carbonyl (C=O) groups is 2. The van der Waals surface area contributed by atoms with Crippen molar-refractivity contribution in [2.75, 3.05) is 18.1 Å². The predicted octanol–water partition coefficient (Wildman–Crippen LogP) is 4.10. The number of benzene rings is 2. The van der Waals surface area contributed by atoms with E-state index in [2.05, 4.69) is 4.98 Å². The average molecular weight is 442 g/mol. The van der Waals surface area contributed by atoms with Gasteiger partial charge in [-0.15, -0.1) is 0 Å². The summed E-state index contributed by atoms with van der Waals surface area (Å²) in [6.07, 6.45) is 1.60. The van der Waals surface area contributed by atoms with Gasteiger partial charge in [-0.05, 0) is 67.4 Å². The predicted molar refractivity (Wildman–Crippen MR) is 122 cm³/mol. The van der Waals surface area contributed by atoms with Crippen molar-refractivity contribution in [2.45, 2.75) is 19.9 Å². The summed E-state index contributed by atoms with van der Waals surface area (Å²) < 4.78 is 11.2. The van der Waals surface area contributed by atoms with Crippen molar-refractivity contribution < 1.29 is 24.2 Å². The van der Waals surface area contributed by atoms with Crippen molar-refractivity contribution in [3.8, 4) is 11.5 Å². The first-order chi connectivity index (χ1) is 16.0. The summed E-state index contributed by atoms with van der Waals surface area (Å²) in [6.45, 7) is 4.76. The van der Waals surface area contributed by atoms with Crippen LogP contribution in [0.25, 0.3) is 5.76 Å². The summed E-state index contributed by atoms with van der Waals surface area (Å²) in [5.74, 6) is -0.727. The number of aliphatic hydroxyl groups is 1. The molecule has 1 N–H and O–H groups in total. The number of aliphatic hydroxyl groups excluding tert-OH is 1. The van der Waals surface area contributed by atoms with Crippen LogP contribution in [-0.4, -0.2) is 35.0 Å². The molecule has 7 nitrogen and oxygen atoms in total. The molecule has 3 aromatic rings. The highest BCUT2D eigenvalue weighted by molar-refractivity contribution is 6.51. The zero-order chi connectivity index (χ0) is 23.1. The molecule has 2 aromatic carbocycles. The lowest BCUT2D eigenvalue weighted by atomic mass is 9.97. The van der Waals surface area contributed by atoms with Crippen LogP contribution >= 0.6 is 0 Å². The van der Waals surface area contributed by atoms with Crippen LogP contribution in [0.2, 0.25) is 0 Å². The van der Waals surface area contributed by atoms with Crippen LogP contribution in [0.4, 0.5) is 5.69 Å². The summed E-state index contributed by atoms with van der Waals surface area (Å²) in [7, 11) is 0. The Morgan fingerprint density at radius 3 is 2.48 bits per heavy atom. The van der Waals surface area contributed by atoms with Crippen LogP contribution in [0.3, 0.4) is 0 Å². The Bertz CT molecular complexity index is 1300. The van der Waals surface area contributed by atoms with Gasteiger partial charge in [0.2, 0.25) is 0 Å². The first-order valence-corrected chi connectivity index (χ1v) is 10.6. The van der Waals surface area contributed by atoms with E-state index in [0.29, 0.717) is 41.7 Å². The number of ketones is 1. The molecule has 1 atom stereocenters. The number of ether oxygens (including phenoxy) is 2. The minimum atomic E-state index is -0.874. The van der Waals surface area contributed by atoms with E-state index in [-0.39, 0.29) is 11.3 Å².